The molecule has 0 spiro atoms. The standard InChI is InChI=1S/C23H27/c1-2-3-4-5-6-7-8-12-19-14-11-16-23-21-15-10-9-13-20(21)17-18-22(19)23/h9-11,13-18H,1-8,12H2. The van der Waals surface area contributed by atoms with E-state index in [9.17, 15) is 0 Å². The Morgan fingerprint density at radius 2 is 1.30 bits per heavy atom. The highest BCUT2D eigenvalue weighted by Gasteiger charge is 2.04. The van der Waals surface area contributed by atoms with Gasteiger partial charge in [-0.25, -0.2) is 0 Å². The Bertz CT molecular complexity index is 754. The van der Waals surface area contributed by atoms with Gasteiger partial charge in [0.05, 0.1) is 0 Å². The van der Waals surface area contributed by atoms with Crippen molar-refractivity contribution in [3.05, 3.63) is 67.1 Å². The minimum atomic E-state index is 1.09. The monoisotopic (exact) mass is 303 g/mol. The maximum Gasteiger partial charge on any atom is -0.0103 e. The molecule has 0 bridgehead atoms. The molecule has 0 nitrogen and oxygen atoms in total. The zero-order valence-electron chi connectivity index (χ0n) is 14.1. The van der Waals surface area contributed by atoms with Gasteiger partial charge in [-0.15, -0.1) is 0 Å². The van der Waals surface area contributed by atoms with Gasteiger partial charge in [-0.3, -0.25) is 0 Å². The highest BCUT2D eigenvalue weighted by molar-refractivity contribution is 6.08. The first-order valence-electron chi connectivity index (χ1n) is 9.09. The molecule has 23 heavy (non-hydrogen) atoms. The summed E-state index contributed by atoms with van der Waals surface area (Å²) < 4.78 is 0. The molecule has 0 aliphatic heterocycles. The van der Waals surface area contributed by atoms with Crippen LogP contribution in [0.25, 0.3) is 21.5 Å². The van der Waals surface area contributed by atoms with Crippen molar-refractivity contribution in [2.45, 2.75) is 51.4 Å². The van der Waals surface area contributed by atoms with Crippen LogP contribution in [-0.2, 0) is 6.42 Å². The molecule has 0 N–H and O–H groups in total. The number of fused-ring (bicyclic) bond motifs is 3. The Labute approximate surface area is 140 Å². The average molecular weight is 303 g/mol. The van der Waals surface area contributed by atoms with Gasteiger partial charge >= 0.3 is 0 Å². The smallest absolute Gasteiger partial charge is 0.0103 e. The van der Waals surface area contributed by atoms with E-state index in [4.69, 9.17) is 0 Å². The summed E-state index contributed by atoms with van der Waals surface area (Å²) in [5.74, 6) is 0. The second kappa shape index (κ2) is 8.15. The predicted octanol–water partition coefficient (Wildman–Crippen LogP) is 7.10. The summed E-state index contributed by atoms with van der Waals surface area (Å²) in [6.07, 6.45) is 10.3. The van der Waals surface area contributed by atoms with Crippen molar-refractivity contribution >= 4 is 21.5 Å². The van der Waals surface area contributed by atoms with Gasteiger partial charge in [-0.2, -0.15) is 0 Å². The summed E-state index contributed by atoms with van der Waals surface area (Å²) in [5, 5.41) is 5.54. The molecule has 3 aromatic carbocycles. The maximum atomic E-state index is 3.91. The zero-order chi connectivity index (χ0) is 15.9. The van der Waals surface area contributed by atoms with E-state index in [1.165, 1.54) is 72.1 Å². The summed E-state index contributed by atoms with van der Waals surface area (Å²) >= 11 is 0. The van der Waals surface area contributed by atoms with Gasteiger partial charge in [0.2, 0.25) is 0 Å². The minimum Gasteiger partial charge on any atom is -0.0616 e. The highest BCUT2D eigenvalue weighted by atomic mass is 14.1. The molecule has 0 heteroatoms. The molecular weight excluding hydrogens is 276 g/mol. The zero-order valence-corrected chi connectivity index (χ0v) is 14.1. The predicted molar refractivity (Wildman–Crippen MR) is 103 cm³/mol. The van der Waals surface area contributed by atoms with Crippen LogP contribution >= 0.6 is 0 Å². The SMILES string of the molecule is [CH2]CCCCCCCCc1cccc2c1ccc1ccccc12. The molecule has 0 saturated carbocycles. The van der Waals surface area contributed by atoms with Crippen molar-refractivity contribution in [1.29, 1.82) is 0 Å². The number of hydrogen-bond acceptors (Lipinski definition) is 0. The first-order chi connectivity index (χ1) is 11.4. The Hall–Kier alpha value is -1.82. The molecule has 3 aromatic rings. The maximum absolute atomic E-state index is 3.91. The Balaban J connectivity index is 1.68. The van der Waals surface area contributed by atoms with Crippen LogP contribution in [0.4, 0.5) is 0 Å². The molecule has 0 aliphatic carbocycles. The third kappa shape index (κ3) is 3.93. The fraction of sp³-hybridized carbons (Fsp3) is 0.348. The highest BCUT2D eigenvalue weighted by Crippen LogP contribution is 2.28. The average Bonchev–Trinajstić information content (AvgIpc) is 2.61. The molecule has 0 heterocycles. The van der Waals surface area contributed by atoms with Gasteiger partial charge in [0.15, 0.2) is 0 Å². The number of rotatable bonds is 8. The molecule has 119 valence electrons. The van der Waals surface area contributed by atoms with Crippen LogP contribution in [0.15, 0.2) is 54.6 Å². The van der Waals surface area contributed by atoms with Crippen LogP contribution in [0.1, 0.15) is 50.5 Å². The van der Waals surface area contributed by atoms with Crippen LogP contribution in [-0.4, -0.2) is 0 Å². The summed E-state index contributed by atoms with van der Waals surface area (Å²) in [7, 11) is 0. The summed E-state index contributed by atoms with van der Waals surface area (Å²) in [5.41, 5.74) is 1.51. The molecule has 1 radical (unpaired) electrons. The fourth-order valence-corrected chi connectivity index (χ4v) is 3.52. The van der Waals surface area contributed by atoms with Gasteiger partial charge in [-0.1, -0.05) is 100 Å². The van der Waals surface area contributed by atoms with Crippen LogP contribution < -0.4 is 0 Å². The van der Waals surface area contributed by atoms with Gasteiger partial charge in [0.1, 0.15) is 0 Å². The second-order valence-electron chi connectivity index (χ2n) is 6.52. The van der Waals surface area contributed by atoms with E-state index in [1.807, 2.05) is 0 Å². The van der Waals surface area contributed by atoms with Crippen LogP contribution in [0.3, 0.4) is 0 Å². The largest absolute Gasteiger partial charge is 0.0616 e. The summed E-state index contributed by atoms with van der Waals surface area (Å²) in [6, 6.07) is 20.1. The molecular formula is C23H27. The van der Waals surface area contributed by atoms with E-state index >= 15 is 0 Å². The van der Waals surface area contributed by atoms with Crippen molar-refractivity contribution in [2.24, 2.45) is 0 Å². The van der Waals surface area contributed by atoms with Crippen molar-refractivity contribution in [3.8, 4) is 0 Å². The first kappa shape index (κ1) is 16.1. The lowest BCUT2D eigenvalue weighted by atomic mass is 9.95. The van der Waals surface area contributed by atoms with Crippen LogP contribution in [0, 0.1) is 6.92 Å². The van der Waals surface area contributed by atoms with Gasteiger partial charge < -0.3 is 0 Å². The quantitative estimate of drug-likeness (QED) is 0.307. The van der Waals surface area contributed by atoms with Crippen molar-refractivity contribution in [1.82, 2.24) is 0 Å². The van der Waals surface area contributed by atoms with E-state index in [0.717, 1.165) is 6.42 Å². The lowest BCUT2D eigenvalue weighted by molar-refractivity contribution is 0.597. The number of unbranched alkanes of at least 4 members (excludes halogenated alkanes) is 6. The van der Waals surface area contributed by atoms with Crippen LogP contribution in [0.2, 0.25) is 0 Å². The van der Waals surface area contributed by atoms with E-state index in [2.05, 4.69) is 61.5 Å². The summed E-state index contributed by atoms with van der Waals surface area (Å²) in [6.45, 7) is 3.91. The Morgan fingerprint density at radius 1 is 0.565 bits per heavy atom. The third-order valence-electron chi connectivity index (χ3n) is 4.82. The molecule has 0 aromatic heterocycles. The third-order valence-corrected chi connectivity index (χ3v) is 4.82. The van der Waals surface area contributed by atoms with E-state index in [0.29, 0.717) is 0 Å². The molecule has 0 unspecified atom stereocenters. The second-order valence-corrected chi connectivity index (χ2v) is 6.52. The van der Waals surface area contributed by atoms with E-state index in [-0.39, 0.29) is 0 Å². The fourth-order valence-electron chi connectivity index (χ4n) is 3.52. The Kier molecular flexibility index (Phi) is 5.69. The van der Waals surface area contributed by atoms with Gasteiger partial charge in [-0.05, 0) is 39.9 Å². The van der Waals surface area contributed by atoms with Crippen molar-refractivity contribution in [3.63, 3.8) is 0 Å². The minimum absolute atomic E-state index is 1.09. The molecule has 0 amide bonds. The number of aryl methyl sites for hydroxylation is 1. The number of benzene rings is 3. The summed E-state index contributed by atoms with van der Waals surface area (Å²) in [4.78, 5) is 0. The van der Waals surface area contributed by atoms with Gasteiger partial charge in [0, 0.05) is 0 Å². The Morgan fingerprint density at radius 3 is 2.17 bits per heavy atom. The van der Waals surface area contributed by atoms with E-state index in [1.54, 1.807) is 0 Å². The topological polar surface area (TPSA) is 0 Å². The lowest BCUT2D eigenvalue weighted by Crippen LogP contribution is -1.89. The molecule has 0 saturated heterocycles. The molecule has 0 fully saturated rings. The van der Waals surface area contributed by atoms with E-state index < -0.39 is 0 Å². The van der Waals surface area contributed by atoms with Crippen molar-refractivity contribution in [2.75, 3.05) is 0 Å². The van der Waals surface area contributed by atoms with Crippen molar-refractivity contribution < 1.29 is 0 Å². The lowest BCUT2D eigenvalue weighted by Gasteiger charge is -2.09. The van der Waals surface area contributed by atoms with Crippen LogP contribution in [0.5, 0.6) is 0 Å². The molecule has 3 rings (SSSR count). The molecule has 0 atom stereocenters. The normalized spacial score (nSPS) is 11.3. The number of hydrogen-bond donors (Lipinski definition) is 0. The van der Waals surface area contributed by atoms with Gasteiger partial charge in [0.25, 0.3) is 0 Å². The molecule has 0 aliphatic rings. The first-order valence-corrected chi connectivity index (χ1v) is 9.09.